The first kappa shape index (κ1) is 21.2. The molecule has 27 heavy (non-hydrogen) atoms. The van der Waals surface area contributed by atoms with Crippen LogP contribution in [0.4, 0.5) is 11.4 Å². The van der Waals surface area contributed by atoms with Crippen molar-refractivity contribution in [1.29, 1.82) is 0 Å². The highest BCUT2D eigenvalue weighted by Crippen LogP contribution is 2.29. The molecule has 2 aromatic carbocycles. The molecule has 0 aliphatic heterocycles. The van der Waals surface area contributed by atoms with E-state index in [9.17, 15) is 9.59 Å². The van der Waals surface area contributed by atoms with Gasteiger partial charge in [-0.05, 0) is 42.8 Å². The Morgan fingerprint density at radius 2 is 1.44 bits per heavy atom. The van der Waals surface area contributed by atoms with E-state index in [2.05, 4.69) is 17.6 Å². The number of nitrogens with one attached hydrogen (secondary N) is 2. The fourth-order valence-electron chi connectivity index (χ4n) is 2.51. The highest BCUT2D eigenvalue weighted by Gasteiger charge is 2.15. The number of hydrogen-bond acceptors (Lipinski definition) is 3. The van der Waals surface area contributed by atoms with E-state index in [1.807, 2.05) is 31.2 Å². The summed E-state index contributed by atoms with van der Waals surface area (Å²) in [4.78, 5) is 26.3. The lowest BCUT2D eigenvalue weighted by atomic mass is 10.1. The van der Waals surface area contributed by atoms with Crippen molar-refractivity contribution in [2.75, 3.05) is 30.3 Å². The van der Waals surface area contributed by atoms with Crippen molar-refractivity contribution in [2.24, 2.45) is 0 Å². The van der Waals surface area contributed by atoms with Crippen molar-refractivity contribution in [3.05, 3.63) is 58.1 Å². The smallest absolute Gasteiger partial charge is 0.238 e. The number of likely N-dealkylation sites (N-methyl/N-ethyl adjacent to an activating group) is 1. The number of aryl methyl sites for hydroxylation is 1. The number of rotatable bonds is 8. The maximum atomic E-state index is 12.3. The summed E-state index contributed by atoms with van der Waals surface area (Å²) in [6.45, 7) is 4.68. The first-order chi connectivity index (χ1) is 12.9. The van der Waals surface area contributed by atoms with E-state index in [-0.39, 0.29) is 24.9 Å². The van der Waals surface area contributed by atoms with Gasteiger partial charge < -0.3 is 10.6 Å². The molecule has 0 saturated carbocycles. The van der Waals surface area contributed by atoms with Crippen LogP contribution < -0.4 is 10.6 Å². The van der Waals surface area contributed by atoms with Gasteiger partial charge in [0, 0.05) is 5.69 Å². The molecular weight excluding hydrogens is 385 g/mol. The minimum atomic E-state index is -0.285. The summed E-state index contributed by atoms with van der Waals surface area (Å²) < 4.78 is 0. The number of nitrogens with zero attached hydrogens (tertiary/aromatic N) is 1. The van der Waals surface area contributed by atoms with Crippen LogP contribution in [0.25, 0.3) is 0 Å². The maximum Gasteiger partial charge on any atom is 0.238 e. The Morgan fingerprint density at radius 3 is 1.96 bits per heavy atom. The molecule has 0 aliphatic carbocycles. The summed E-state index contributed by atoms with van der Waals surface area (Å²) >= 11 is 12.1. The van der Waals surface area contributed by atoms with Crippen LogP contribution in [-0.2, 0) is 16.0 Å². The molecule has 0 atom stereocenters. The van der Waals surface area contributed by atoms with E-state index < -0.39 is 0 Å². The molecule has 5 nitrogen and oxygen atoms in total. The average Bonchev–Trinajstić information content (AvgIpc) is 2.65. The van der Waals surface area contributed by atoms with Gasteiger partial charge in [0.15, 0.2) is 0 Å². The lowest BCUT2D eigenvalue weighted by molar-refractivity contribution is -0.119. The Morgan fingerprint density at radius 1 is 0.889 bits per heavy atom. The summed E-state index contributed by atoms with van der Waals surface area (Å²) in [5, 5.41) is 6.28. The zero-order valence-corrected chi connectivity index (χ0v) is 16.9. The molecule has 0 aliphatic rings. The number of carbonyl (C=O) groups excluding carboxylic acids is 2. The molecule has 2 aromatic rings. The predicted molar refractivity (Wildman–Crippen MR) is 112 cm³/mol. The third kappa shape index (κ3) is 6.54. The van der Waals surface area contributed by atoms with E-state index >= 15 is 0 Å². The first-order valence-corrected chi connectivity index (χ1v) is 9.53. The van der Waals surface area contributed by atoms with Crippen molar-refractivity contribution in [3.8, 4) is 0 Å². The van der Waals surface area contributed by atoms with Gasteiger partial charge >= 0.3 is 0 Å². The zero-order chi connectivity index (χ0) is 19.8. The summed E-state index contributed by atoms with van der Waals surface area (Å²) in [5.74, 6) is -0.461. The fourth-order valence-corrected chi connectivity index (χ4v) is 3.00. The monoisotopic (exact) mass is 407 g/mol. The SMILES string of the molecule is CCc1ccc(NC(=O)CN(CC)CC(=O)Nc2c(Cl)cccc2Cl)cc1. The summed E-state index contributed by atoms with van der Waals surface area (Å²) in [6.07, 6.45) is 0.947. The number of carbonyl (C=O) groups is 2. The standard InChI is InChI=1S/C20H23Cl2N3O2/c1-3-14-8-10-15(11-9-14)23-18(26)12-25(4-2)13-19(27)24-20-16(21)6-5-7-17(20)22/h5-11H,3-4,12-13H2,1-2H3,(H,23,26)(H,24,27). The Labute approximate surface area is 169 Å². The minimum absolute atomic E-state index is 0.0558. The Bertz CT molecular complexity index is 774. The van der Waals surface area contributed by atoms with Gasteiger partial charge in [0.1, 0.15) is 0 Å². The average molecular weight is 408 g/mol. The van der Waals surface area contributed by atoms with Gasteiger partial charge in [-0.2, -0.15) is 0 Å². The van der Waals surface area contributed by atoms with Gasteiger partial charge in [-0.1, -0.05) is 55.2 Å². The topological polar surface area (TPSA) is 61.4 Å². The number of anilines is 2. The molecule has 0 saturated heterocycles. The molecule has 0 bridgehead atoms. The van der Waals surface area contributed by atoms with Crippen molar-refractivity contribution >= 4 is 46.4 Å². The molecule has 2 rings (SSSR count). The van der Waals surface area contributed by atoms with Crippen molar-refractivity contribution in [3.63, 3.8) is 0 Å². The molecule has 0 radical (unpaired) electrons. The Hall–Kier alpha value is -2.08. The largest absolute Gasteiger partial charge is 0.325 e. The molecule has 0 unspecified atom stereocenters. The normalized spacial score (nSPS) is 10.7. The molecule has 144 valence electrons. The third-order valence-corrected chi connectivity index (χ3v) is 4.68. The quantitative estimate of drug-likeness (QED) is 0.678. The molecule has 0 fully saturated rings. The van der Waals surface area contributed by atoms with Crippen molar-refractivity contribution < 1.29 is 9.59 Å². The van der Waals surface area contributed by atoms with Gasteiger partial charge in [0.2, 0.25) is 11.8 Å². The molecule has 0 aromatic heterocycles. The van der Waals surface area contributed by atoms with E-state index in [0.29, 0.717) is 22.3 Å². The number of halogens is 2. The molecule has 7 heteroatoms. The Kier molecular flexibility index (Phi) is 8.10. The van der Waals surface area contributed by atoms with Gasteiger partial charge in [0.05, 0.1) is 28.8 Å². The number of amides is 2. The molecule has 0 heterocycles. The minimum Gasteiger partial charge on any atom is -0.325 e. The van der Waals surface area contributed by atoms with Crippen molar-refractivity contribution in [2.45, 2.75) is 20.3 Å². The van der Waals surface area contributed by atoms with Crippen LogP contribution in [0.2, 0.25) is 10.0 Å². The van der Waals surface area contributed by atoms with Crippen LogP contribution in [0.15, 0.2) is 42.5 Å². The van der Waals surface area contributed by atoms with Crippen LogP contribution in [0, 0.1) is 0 Å². The lowest BCUT2D eigenvalue weighted by Gasteiger charge is -2.20. The molecule has 0 spiro atoms. The van der Waals surface area contributed by atoms with Gasteiger partial charge in [-0.25, -0.2) is 0 Å². The lowest BCUT2D eigenvalue weighted by Crippen LogP contribution is -2.38. The van der Waals surface area contributed by atoms with E-state index in [1.165, 1.54) is 5.56 Å². The molecule has 2 N–H and O–H groups in total. The second kappa shape index (κ2) is 10.3. The van der Waals surface area contributed by atoms with Crippen LogP contribution in [0.5, 0.6) is 0 Å². The van der Waals surface area contributed by atoms with E-state index in [1.54, 1.807) is 23.1 Å². The van der Waals surface area contributed by atoms with Crippen LogP contribution in [0.1, 0.15) is 19.4 Å². The maximum absolute atomic E-state index is 12.3. The van der Waals surface area contributed by atoms with Crippen LogP contribution in [-0.4, -0.2) is 36.3 Å². The van der Waals surface area contributed by atoms with Gasteiger partial charge in [-0.3, -0.25) is 14.5 Å². The highest BCUT2D eigenvalue weighted by molar-refractivity contribution is 6.39. The highest BCUT2D eigenvalue weighted by atomic mass is 35.5. The van der Waals surface area contributed by atoms with Gasteiger partial charge in [-0.15, -0.1) is 0 Å². The first-order valence-electron chi connectivity index (χ1n) is 8.78. The van der Waals surface area contributed by atoms with Crippen LogP contribution in [0.3, 0.4) is 0 Å². The second-order valence-corrected chi connectivity index (χ2v) is 6.86. The molecule has 2 amide bonds. The van der Waals surface area contributed by atoms with E-state index in [0.717, 1.165) is 12.1 Å². The predicted octanol–water partition coefficient (Wildman–Crippen LogP) is 4.45. The zero-order valence-electron chi connectivity index (χ0n) is 15.4. The third-order valence-electron chi connectivity index (χ3n) is 4.05. The Balaban J connectivity index is 1.90. The van der Waals surface area contributed by atoms with Crippen LogP contribution >= 0.6 is 23.2 Å². The number of para-hydroxylation sites is 1. The van der Waals surface area contributed by atoms with Crippen molar-refractivity contribution in [1.82, 2.24) is 4.90 Å². The summed E-state index contributed by atoms with van der Waals surface area (Å²) in [6, 6.07) is 12.7. The number of benzene rings is 2. The summed E-state index contributed by atoms with van der Waals surface area (Å²) in [5.41, 5.74) is 2.32. The summed E-state index contributed by atoms with van der Waals surface area (Å²) in [7, 11) is 0. The van der Waals surface area contributed by atoms with Gasteiger partial charge in [0.25, 0.3) is 0 Å². The molecular formula is C20H23Cl2N3O2. The second-order valence-electron chi connectivity index (χ2n) is 6.05. The number of hydrogen-bond donors (Lipinski definition) is 2. The fraction of sp³-hybridized carbons (Fsp3) is 0.300. The van der Waals surface area contributed by atoms with E-state index in [4.69, 9.17) is 23.2 Å².